The molecule has 0 bridgehead atoms. The molecule has 0 aliphatic carbocycles. The van der Waals surface area contributed by atoms with Crippen LogP contribution in [0.25, 0.3) is 0 Å². The second-order valence-corrected chi connectivity index (χ2v) is 4.31. The molecule has 0 radical (unpaired) electrons. The largest absolute Gasteiger partial charge is 0.288 e. The molecule has 2 aliphatic rings. The molecule has 68 valence electrons. The van der Waals surface area contributed by atoms with Gasteiger partial charge in [0.1, 0.15) is 0 Å². The predicted octanol–water partition coefficient (Wildman–Crippen LogP) is 2.05. The van der Waals surface area contributed by atoms with E-state index in [-0.39, 0.29) is 18.5 Å². The highest BCUT2D eigenvalue weighted by molar-refractivity contribution is 5.18. The number of halogens is 2. The van der Waals surface area contributed by atoms with Gasteiger partial charge in [-0.3, -0.25) is 4.90 Å². The van der Waals surface area contributed by atoms with Crippen LogP contribution in [-0.4, -0.2) is 29.5 Å². The third kappa shape index (κ3) is 1.07. The van der Waals surface area contributed by atoms with E-state index in [2.05, 4.69) is 6.58 Å². The molecule has 0 amide bonds. The molecule has 12 heavy (non-hydrogen) atoms. The van der Waals surface area contributed by atoms with Crippen LogP contribution in [0, 0.1) is 0 Å². The Morgan fingerprint density at radius 2 is 2.17 bits per heavy atom. The van der Waals surface area contributed by atoms with Crippen LogP contribution in [-0.2, 0) is 0 Å². The van der Waals surface area contributed by atoms with Crippen LogP contribution in [0.3, 0.4) is 0 Å². The fourth-order valence-electron chi connectivity index (χ4n) is 2.48. The highest BCUT2D eigenvalue weighted by atomic mass is 19.3. The standard InChI is InChI=1S/C9H13F2N/c1-7-3-8(2)5-9(10,11)6-12(8)4-7/h1,3-6H2,2H3. The van der Waals surface area contributed by atoms with Gasteiger partial charge in [-0.15, -0.1) is 0 Å². The summed E-state index contributed by atoms with van der Waals surface area (Å²) >= 11 is 0. The fourth-order valence-corrected chi connectivity index (χ4v) is 2.48. The second kappa shape index (κ2) is 2.08. The van der Waals surface area contributed by atoms with Crippen LogP contribution >= 0.6 is 0 Å². The Labute approximate surface area is 71.0 Å². The van der Waals surface area contributed by atoms with Crippen LogP contribution in [0.4, 0.5) is 8.78 Å². The lowest BCUT2D eigenvalue weighted by molar-refractivity contribution is 0.0110. The first-order chi connectivity index (χ1) is 5.41. The van der Waals surface area contributed by atoms with Gasteiger partial charge in [-0.1, -0.05) is 12.2 Å². The second-order valence-electron chi connectivity index (χ2n) is 4.31. The maximum atomic E-state index is 13.0. The molecule has 2 aliphatic heterocycles. The molecule has 0 aromatic heterocycles. The molecule has 0 N–H and O–H groups in total. The SMILES string of the molecule is C=C1CN2CC(F)(F)CC2(C)C1. The zero-order chi connectivity index (χ0) is 8.98. The maximum Gasteiger partial charge on any atom is 0.262 e. The lowest BCUT2D eigenvalue weighted by atomic mass is 9.94. The first kappa shape index (κ1) is 8.17. The van der Waals surface area contributed by atoms with Gasteiger partial charge in [-0.2, -0.15) is 0 Å². The van der Waals surface area contributed by atoms with Gasteiger partial charge in [-0.05, 0) is 13.3 Å². The van der Waals surface area contributed by atoms with Gasteiger partial charge in [0.25, 0.3) is 5.92 Å². The average molecular weight is 173 g/mol. The Balaban J connectivity index is 2.22. The summed E-state index contributed by atoms with van der Waals surface area (Å²) in [7, 11) is 0. The molecule has 3 heteroatoms. The monoisotopic (exact) mass is 173 g/mol. The number of hydrogen-bond donors (Lipinski definition) is 0. The minimum atomic E-state index is -2.48. The van der Waals surface area contributed by atoms with E-state index in [0.29, 0.717) is 6.54 Å². The quantitative estimate of drug-likeness (QED) is 0.507. The summed E-state index contributed by atoms with van der Waals surface area (Å²) < 4.78 is 25.9. The Morgan fingerprint density at radius 3 is 2.75 bits per heavy atom. The minimum absolute atomic E-state index is 0.000972. The molecule has 2 heterocycles. The average Bonchev–Trinajstić information content (AvgIpc) is 2.11. The van der Waals surface area contributed by atoms with Crippen molar-refractivity contribution >= 4 is 0 Å². The molecule has 0 aromatic rings. The van der Waals surface area contributed by atoms with E-state index in [0.717, 1.165) is 12.0 Å². The first-order valence-corrected chi connectivity index (χ1v) is 4.21. The van der Waals surface area contributed by atoms with Crippen molar-refractivity contribution in [3.63, 3.8) is 0 Å². The zero-order valence-electron chi connectivity index (χ0n) is 7.24. The van der Waals surface area contributed by atoms with E-state index in [1.807, 2.05) is 11.8 Å². The highest BCUT2D eigenvalue weighted by Gasteiger charge is 2.54. The number of rotatable bonds is 0. The van der Waals surface area contributed by atoms with Gasteiger partial charge >= 0.3 is 0 Å². The first-order valence-electron chi connectivity index (χ1n) is 4.21. The predicted molar refractivity (Wildman–Crippen MR) is 43.3 cm³/mol. The van der Waals surface area contributed by atoms with Crippen molar-refractivity contribution < 1.29 is 8.78 Å². The summed E-state index contributed by atoms with van der Waals surface area (Å²) in [5.74, 6) is -2.48. The molecule has 1 atom stereocenters. The Hall–Kier alpha value is -0.440. The van der Waals surface area contributed by atoms with Crippen LogP contribution in [0.5, 0.6) is 0 Å². The highest BCUT2D eigenvalue weighted by Crippen LogP contribution is 2.46. The van der Waals surface area contributed by atoms with Crippen LogP contribution in [0.1, 0.15) is 19.8 Å². The number of fused-ring (bicyclic) bond motifs is 1. The molecular weight excluding hydrogens is 160 g/mol. The van der Waals surface area contributed by atoms with E-state index < -0.39 is 5.92 Å². The van der Waals surface area contributed by atoms with Gasteiger partial charge in [-0.25, -0.2) is 8.78 Å². The van der Waals surface area contributed by atoms with Crippen molar-refractivity contribution in [2.45, 2.75) is 31.2 Å². The van der Waals surface area contributed by atoms with Crippen molar-refractivity contribution in [2.75, 3.05) is 13.1 Å². The van der Waals surface area contributed by atoms with E-state index in [1.165, 1.54) is 0 Å². The fraction of sp³-hybridized carbons (Fsp3) is 0.778. The van der Waals surface area contributed by atoms with E-state index in [9.17, 15) is 8.78 Å². The molecule has 1 unspecified atom stereocenters. The Morgan fingerprint density at radius 1 is 1.50 bits per heavy atom. The molecule has 1 nitrogen and oxygen atoms in total. The van der Waals surface area contributed by atoms with Gasteiger partial charge in [0.2, 0.25) is 0 Å². The molecular formula is C9H13F2N. The zero-order valence-corrected chi connectivity index (χ0v) is 7.24. The smallest absolute Gasteiger partial charge is 0.262 e. The number of hydrogen-bond acceptors (Lipinski definition) is 1. The lowest BCUT2D eigenvalue weighted by Crippen LogP contribution is -2.34. The van der Waals surface area contributed by atoms with Crippen LogP contribution in [0.15, 0.2) is 12.2 Å². The van der Waals surface area contributed by atoms with Crippen molar-refractivity contribution in [3.05, 3.63) is 12.2 Å². The molecule has 2 fully saturated rings. The van der Waals surface area contributed by atoms with Crippen molar-refractivity contribution in [1.29, 1.82) is 0 Å². The van der Waals surface area contributed by atoms with Crippen LogP contribution < -0.4 is 0 Å². The summed E-state index contributed by atoms with van der Waals surface area (Å²) in [5, 5.41) is 0. The van der Waals surface area contributed by atoms with Gasteiger partial charge in [0.05, 0.1) is 6.54 Å². The summed E-state index contributed by atoms with van der Waals surface area (Å²) in [6, 6.07) is 0. The normalized spacial score (nSPS) is 40.4. The van der Waals surface area contributed by atoms with Gasteiger partial charge in [0.15, 0.2) is 0 Å². The molecule has 2 saturated heterocycles. The van der Waals surface area contributed by atoms with E-state index >= 15 is 0 Å². The summed E-state index contributed by atoms with van der Waals surface area (Å²) in [6.45, 7) is 6.33. The Kier molecular flexibility index (Phi) is 1.41. The minimum Gasteiger partial charge on any atom is -0.288 e. The molecule has 0 spiro atoms. The van der Waals surface area contributed by atoms with Crippen LogP contribution in [0.2, 0.25) is 0 Å². The Bertz CT molecular complexity index is 237. The number of alkyl halides is 2. The number of nitrogens with zero attached hydrogens (tertiary/aromatic N) is 1. The van der Waals surface area contributed by atoms with Gasteiger partial charge < -0.3 is 0 Å². The van der Waals surface area contributed by atoms with E-state index in [4.69, 9.17) is 0 Å². The van der Waals surface area contributed by atoms with E-state index in [1.54, 1.807) is 0 Å². The topological polar surface area (TPSA) is 3.24 Å². The molecule has 0 aromatic carbocycles. The summed E-state index contributed by atoms with van der Waals surface area (Å²) in [5.41, 5.74) is 0.786. The van der Waals surface area contributed by atoms with Crippen molar-refractivity contribution in [2.24, 2.45) is 0 Å². The van der Waals surface area contributed by atoms with Gasteiger partial charge in [0, 0.05) is 18.5 Å². The van der Waals surface area contributed by atoms with Crippen molar-refractivity contribution in [1.82, 2.24) is 4.90 Å². The molecule has 0 saturated carbocycles. The maximum absolute atomic E-state index is 13.0. The summed E-state index contributed by atoms with van der Waals surface area (Å²) in [4.78, 5) is 1.86. The van der Waals surface area contributed by atoms with Crippen molar-refractivity contribution in [3.8, 4) is 0 Å². The third-order valence-corrected chi connectivity index (χ3v) is 2.87. The summed E-state index contributed by atoms with van der Waals surface area (Å²) in [6.07, 6.45) is 0.738. The lowest BCUT2D eigenvalue weighted by Gasteiger charge is -2.24. The third-order valence-electron chi connectivity index (χ3n) is 2.87. The molecule has 2 rings (SSSR count).